The van der Waals surface area contributed by atoms with Gasteiger partial charge in [-0.15, -0.1) is 35.3 Å². The lowest BCUT2D eigenvalue weighted by molar-refractivity contribution is -0.138. The standard InChI is InChI=1S/C20H33N5OS.HI/c1-21-19(22-14-20(11-7-8-12-20)18(26)24(2)3)25(4)13-17-23-15-9-5-6-10-16(15)27-17;/h5-14H2,1-4H3,(H,21,22);1H. The lowest BCUT2D eigenvalue weighted by atomic mass is 9.84. The summed E-state index contributed by atoms with van der Waals surface area (Å²) in [6.07, 6.45) is 9.01. The molecule has 1 fully saturated rings. The Morgan fingerprint density at radius 1 is 1.18 bits per heavy atom. The molecule has 158 valence electrons. The van der Waals surface area contributed by atoms with Gasteiger partial charge in [0.15, 0.2) is 5.96 Å². The number of nitrogens with one attached hydrogen (secondary N) is 1. The van der Waals surface area contributed by atoms with Crippen molar-refractivity contribution in [2.24, 2.45) is 10.4 Å². The topological polar surface area (TPSA) is 60.8 Å². The van der Waals surface area contributed by atoms with E-state index in [0.717, 1.165) is 49.6 Å². The summed E-state index contributed by atoms with van der Waals surface area (Å²) in [6.45, 7) is 1.40. The number of thiazole rings is 1. The van der Waals surface area contributed by atoms with Gasteiger partial charge in [0.25, 0.3) is 0 Å². The third kappa shape index (κ3) is 5.17. The van der Waals surface area contributed by atoms with E-state index in [2.05, 4.69) is 15.2 Å². The average molecular weight is 519 g/mol. The van der Waals surface area contributed by atoms with Gasteiger partial charge in [-0.25, -0.2) is 4.98 Å². The van der Waals surface area contributed by atoms with E-state index in [1.807, 2.05) is 32.5 Å². The van der Waals surface area contributed by atoms with Crippen LogP contribution in [0.15, 0.2) is 4.99 Å². The van der Waals surface area contributed by atoms with Crippen LogP contribution in [0.4, 0.5) is 0 Å². The summed E-state index contributed by atoms with van der Waals surface area (Å²) in [6, 6.07) is 0. The minimum atomic E-state index is -0.291. The van der Waals surface area contributed by atoms with E-state index in [9.17, 15) is 4.79 Å². The van der Waals surface area contributed by atoms with Crippen LogP contribution in [-0.2, 0) is 24.2 Å². The van der Waals surface area contributed by atoms with Crippen molar-refractivity contribution in [2.45, 2.75) is 57.9 Å². The molecule has 1 saturated carbocycles. The summed E-state index contributed by atoms with van der Waals surface area (Å²) in [4.78, 5) is 27.4. The molecule has 1 amide bonds. The molecule has 3 rings (SSSR count). The van der Waals surface area contributed by atoms with Crippen molar-refractivity contribution < 1.29 is 4.79 Å². The molecule has 1 aromatic heterocycles. The molecule has 0 atom stereocenters. The number of carbonyl (C=O) groups excluding carboxylic acids is 1. The number of carbonyl (C=O) groups is 1. The molecule has 6 nitrogen and oxygen atoms in total. The molecule has 28 heavy (non-hydrogen) atoms. The monoisotopic (exact) mass is 519 g/mol. The van der Waals surface area contributed by atoms with Crippen molar-refractivity contribution in [2.75, 3.05) is 34.7 Å². The number of guanidine groups is 1. The molecule has 0 aliphatic heterocycles. The smallest absolute Gasteiger partial charge is 0.230 e. The molecular formula is C20H34IN5OS. The second kappa shape index (κ2) is 10.2. The highest BCUT2D eigenvalue weighted by Gasteiger charge is 2.42. The Bertz CT molecular complexity index is 673. The van der Waals surface area contributed by atoms with E-state index >= 15 is 0 Å². The maximum atomic E-state index is 12.8. The van der Waals surface area contributed by atoms with Crippen LogP contribution < -0.4 is 5.32 Å². The van der Waals surface area contributed by atoms with Crippen LogP contribution in [0.3, 0.4) is 0 Å². The van der Waals surface area contributed by atoms with E-state index < -0.39 is 0 Å². The summed E-state index contributed by atoms with van der Waals surface area (Å²) < 4.78 is 0. The van der Waals surface area contributed by atoms with Gasteiger partial charge in [0.2, 0.25) is 5.91 Å². The first-order valence-electron chi connectivity index (χ1n) is 10.1. The summed E-state index contributed by atoms with van der Waals surface area (Å²) >= 11 is 1.85. The number of hydrogen-bond donors (Lipinski definition) is 1. The van der Waals surface area contributed by atoms with Crippen LogP contribution >= 0.6 is 35.3 Å². The van der Waals surface area contributed by atoms with Gasteiger partial charge in [0.05, 0.1) is 17.7 Å². The van der Waals surface area contributed by atoms with Gasteiger partial charge in [-0.3, -0.25) is 9.79 Å². The Balaban J connectivity index is 0.00000280. The fourth-order valence-electron chi connectivity index (χ4n) is 4.38. The van der Waals surface area contributed by atoms with Gasteiger partial charge in [-0.2, -0.15) is 0 Å². The molecule has 0 radical (unpaired) electrons. The SMILES string of the molecule is CN=C(NCC1(C(=O)N(C)C)CCCC1)N(C)Cc1nc2c(s1)CCCC2.I. The first-order chi connectivity index (χ1) is 12.9. The van der Waals surface area contributed by atoms with E-state index in [1.165, 1.54) is 29.8 Å². The minimum absolute atomic E-state index is 0. The number of halogens is 1. The van der Waals surface area contributed by atoms with Crippen molar-refractivity contribution in [3.8, 4) is 0 Å². The Morgan fingerprint density at radius 3 is 2.46 bits per heavy atom. The lowest BCUT2D eigenvalue weighted by Gasteiger charge is -2.32. The van der Waals surface area contributed by atoms with E-state index in [1.54, 1.807) is 11.9 Å². The van der Waals surface area contributed by atoms with Crippen LogP contribution in [-0.4, -0.2) is 61.4 Å². The Morgan fingerprint density at radius 2 is 1.86 bits per heavy atom. The molecule has 0 unspecified atom stereocenters. The van der Waals surface area contributed by atoms with Crippen LogP contribution in [0.2, 0.25) is 0 Å². The molecule has 0 spiro atoms. The normalized spacial score (nSPS) is 18.2. The number of rotatable bonds is 5. The Hall–Kier alpha value is -0.900. The fourth-order valence-corrected chi connectivity index (χ4v) is 5.59. The Labute approximate surface area is 190 Å². The van der Waals surface area contributed by atoms with Crippen LogP contribution in [0, 0.1) is 5.41 Å². The van der Waals surface area contributed by atoms with E-state index in [0.29, 0.717) is 6.54 Å². The molecule has 1 N–H and O–H groups in total. The maximum Gasteiger partial charge on any atom is 0.230 e. The molecule has 2 aliphatic carbocycles. The van der Waals surface area contributed by atoms with Gasteiger partial charge in [0, 0.05) is 39.6 Å². The van der Waals surface area contributed by atoms with Gasteiger partial charge in [0.1, 0.15) is 5.01 Å². The zero-order chi connectivity index (χ0) is 19.4. The first kappa shape index (κ1) is 23.4. The summed E-state index contributed by atoms with van der Waals surface area (Å²) in [7, 11) is 7.56. The zero-order valence-corrected chi connectivity index (χ0v) is 20.7. The van der Waals surface area contributed by atoms with Crippen molar-refractivity contribution in [3.05, 3.63) is 15.6 Å². The molecule has 0 bridgehead atoms. The van der Waals surface area contributed by atoms with Crippen LogP contribution in [0.5, 0.6) is 0 Å². The van der Waals surface area contributed by atoms with Crippen molar-refractivity contribution >= 4 is 47.2 Å². The molecule has 1 heterocycles. The molecule has 0 aromatic carbocycles. The quantitative estimate of drug-likeness (QED) is 0.369. The predicted molar refractivity (Wildman–Crippen MR) is 127 cm³/mol. The third-order valence-electron chi connectivity index (χ3n) is 5.84. The number of amides is 1. The largest absolute Gasteiger partial charge is 0.355 e. The summed E-state index contributed by atoms with van der Waals surface area (Å²) in [5.74, 6) is 1.07. The third-order valence-corrected chi connectivity index (χ3v) is 6.98. The number of aliphatic imine (C=N–C) groups is 1. The summed E-state index contributed by atoms with van der Waals surface area (Å²) in [5, 5.41) is 4.63. The number of aryl methyl sites for hydroxylation is 2. The minimum Gasteiger partial charge on any atom is -0.355 e. The van der Waals surface area contributed by atoms with E-state index in [-0.39, 0.29) is 35.3 Å². The highest BCUT2D eigenvalue weighted by atomic mass is 127. The van der Waals surface area contributed by atoms with Crippen LogP contribution in [0.25, 0.3) is 0 Å². The number of aromatic nitrogens is 1. The van der Waals surface area contributed by atoms with Crippen molar-refractivity contribution in [1.29, 1.82) is 0 Å². The van der Waals surface area contributed by atoms with E-state index in [4.69, 9.17) is 4.98 Å². The number of nitrogens with zero attached hydrogens (tertiary/aromatic N) is 4. The molecule has 0 saturated heterocycles. The maximum absolute atomic E-state index is 12.8. The molecule has 2 aliphatic rings. The second-order valence-corrected chi connectivity index (χ2v) is 9.30. The highest BCUT2D eigenvalue weighted by molar-refractivity contribution is 14.0. The number of hydrogen-bond acceptors (Lipinski definition) is 4. The molecular weight excluding hydrogens is 485 g/mol. The van der Waals surface area contributed by atoms with Gasteiger partial charge < -0.3 is 15.1 Å². The number of fused-ring (bicyclic) bond motifs is 1. The zero-order valence-electron chi connectivity index (χ0n) is 17.6. The fraction of sp³-hybridized carbons (Fsp3) is 0.750. The predicted octanol–water partition coefficient (Wildman–Crippen LogP) is 3.30. The highest BCUT2D eigenvalue weighted by Crippen LogP contribution is 2.39. The van der Waals surface area contributed by atoms with Gasteiger partial charge in [-0.1, -0.05) is 12.8 Å². The van der Waals surface area contributed by atoms with Crippen molar-refractivity contribution in [3.63, 3.8) is 0 Å². The second-order valence-electron chi connectivity index (χ2n) is 8.13. The lowest BCUT2D eigenvalue weighted by Crippen LogP contribution is -2.49. The Kier molecular flexibility index (Phi) is 8.54. The van der Waals surface area contributed by atoms with Gasteiger partial charge in [-0.05, 0) is 38.5 Å². The first-order valence-corrected chi connectivity index (χ1v) is 10.9. The van der Waals surface area contributed by atoms with Crippen LogP contribution in [0.1, 0.15) is 54.1 Å². The molecule has 1 aromatic rings. The average Bonchev–Trinajstić information content (AvgIpc) is 3.28. The summed E-state index contributed by atoms with van der Waals surface area (Å²) in [5.41, 5.74) is 1.01. The molecule has 8 heteroatoms. The van der Waals surface area contributed by atoms with Crippen molar-refractivity contribution in [1.82, 2.24) is 20.1 Å². The van der Waals surface area contributed by atoms with Gasteiger partial charge >= 0.3 is 0 Å².